The van der Waals surface area contributed by atoms with Crippen LogP contribution in [0.2, 0.25) is 0 Å². The summed E-state index contributed by atoms with van der Waals surface area (Å²) in [7, 11) is 1.88. The number of aromatic nitrogens is 5. The smallest absolute Gasteiger partial charge is 0.0910 e. The SMILES string of the molecule is CCCn1nncc1C(N)c1ccnn1C. The molecular weight excluding hydrogens is 204 g/mol. The minimum atomic E-state index is -0.228. The fourth-order valence-corrected chi connectivity index (χ4v) is 1.73. The Labute approximate surface area is 94.1 Å². The maximum absolute atomic E-state index is 6.18. The summed E-state index contributed by atoms with van der Waals surface area (Å²) in [6.45, 7) is 2.93. The van der Waals surface area contributed by atoms with Crippen molar-refractivity contribution in [1.29, 1.82) is 0 Å². The molecule has 6 nitrogen and oxygen atoms in total. The highest BCUT2D eigenvalue weighted by Gasteiger charge is 2.17. The van der Waals surface area contributed by atoms with E-state index in [9.17, 15) is 0 Å². The van der Waals surface area contributed by atoms with Gasteiger partial charge >= 0.3 is 0 Å². The molecule has 0 bridgehead atoms. The second-order valence-electron chi connectivity index (χ2n) is 3.74. The van der Waals surface area contributed by atoms with E-state index in [-0.39, 0.29) is 6.04 Å². The monoisotopic (exact) mass is 220 g/mol. The summed E-state index contributed by atoms with van der Waals surface area (Å²) in [6.07, 6.45) is 4.46. The predicted molar refractivity (Wildman–Crippen MR) is 59.6 cm³/mol. The Morgan fingerprint density at radius 2 is 2.25 bits per heavy atom. The third kappa shape index (κ3) is 1.83. The average molecular weight is 220 g/mol. The Morgan fingerprint density at radius 3 is 2.88 bits per heavy atom. The summed E-state index contributed by atoms with van der Waals surface area (Å²) < 4.78 is 3.62. The van der Waals surface area contributed by atoms with Crippen LogP contribution in [-0.2, 0) is 13.6 Å². The van der Waals surface area contributed by atoms with Crippen molar-refractivity contribution >= 4 is 0 Å². The number of hydrogen-bond acceptors (Lipinski definition) is 4. The Hall–Kier alpha value is -1.69. The second kappa shape index (κ2) is 4.44. The van der Waals surface area contributed by atoms with Crippen molar-refractivity contribution in [3.05, 3.63) is 29.8 Å². The first-order valence-corrected chi connectivity index (χ1v) is 5.36. The van der Waals surface area contributed by atoms with E-state index >= 15 is 0 Å². The van der Waals surface area contributed by atoms with Crippen LogP contribution in [0.15, 0.2) is 18.5 Å². The van der Waals surface area contributed by atoms with Gasteiger partial charge in [-0.2, -0.15) is 5.10 Å². The van der Waals surface area contributed by atoms with Gasteiger partial charge in [-0.25, -0.2) is 4.68 Å². The molecule has 0 saturated heterocycles. The zero-order chi connectivity index (χ0) is 11.5. The molecule has 0 aliphatic rings. The van der Waals surface area contributed by atoms with Gasteiger partial charge in [-0.1, -0.05) is 12.1 Å². The molecule has 2 rings (SSSR count). The molecule has 0 fully saturated rings. The molecule has 0 radical (unpaired) electrons. The van der Waals surface area contributed by atoms with Crippen molar-refractivity contribution in [2.45, 2.75) is 25.9 Å². The fourth-order valence-electron chi connectivity index (χ4n) is 1.73. The van der Waals surface area contributed by atoms with E-state index in [1.165, 1.54) is 0 Å². The Kier molecular flexibility index (Phi) is 3.00. The summed E-state index contributed by atoms with van der Waals surface area (Å²) in [5, 5.41) is 12.0. The fraction of sp³-hybridized carbons (Fsp3) is 0.500. The minimum Gasteiger partial charge on any atom is -0.318 e. The first-order chi connectivity index (χ1) is 7.74. The van der Waals surface area contributed by atoms with Crippen LogP contribution in [0.25, 0.3) is 0 Å². The van der Waals surface area contributed by atoms with E-state index in [1.807, 2.05) is 17.8 Å². The number of hydrogen-bond donors (Lipinski definition) is 1. The third-order valence-electron chi connectivity index (χ3n) is 2.58. The molecule has 2 aromatic heterocycles. The minimum absolute atomic E-state index is 0.228. The molecule has 2 aromatic rings. The molecular formula is C10H16N6. The predicted octanol–water partition coefficient (Wildman–Crippen LogP) is 0.470. The van der Waals surface area contributed by atoms with Crippen LogP contribution in [0.1, 0.15) is 30.8 Å². The van der Waals surface area contributed by atoms with Crippen LogP contribution >= 0.6 is 0 Å². The lowest BCUT2D eigenvalue weighted by atomic mass is 10.1. The van der Waals surface area contributed by atoms with Gasteiger partial charge in [0.25, 0.3) is 0 Å². The second-order valence-corrected chi connectivity index (χ2v) is 3.74. The summed E-state index contributed by atoms with van der Waals surface area (Å²) >= 11 is 0. The van der Waals surface area contributed by atoms with E-state index in [2.05, 4.69) is 22.3 Å². The Balaban J connectivity index is 2.30. The number of nitrogens with zero attached hydrogens (tertiary/aromatic N) is 5. The molecule has 0 aromatic carbocycles. The maximum Gasteiger partial charge on any atom is 0.0910 e. The molecule has 0 amide bonds. The van der Waals surface area contributed by atoms with E-state index in [4.69, 9.17) is 5.73 Å². The highest BCUT2D eigenvalue weighted by Crippen LogP contribution is 2.17. The number of nitrogens with two attached hydrogens (primary N) is 1. The van der Waals surface area contributed by atoms with E-state index in [0.717, 1.165) is 24.4 Å². The van der Waals surface area contributed by atoms with Gasteiger partial charge in [-0.15, -0.1) is 5.10 Å². The lowest BCUT2D eigenvalue weighted by Crippen LogP contribution is -2.20. The van der Waals surface area contributed by atoms with Gasteiger partial charge in [-0.05, 0) is 12.5 Å². The molecule has 1 atom stereocenters. The van der Waals surface area contributed by atoms with Crippen molar-refractivity contribution in [2.75, 3.05) is 0 Å². The molecule has 0 aliphatic heterocycles. The molecule has 2 N–H and O–H groups in total. The van der Waals surface area contributed by atoms with Gasteiger partial charge in [0.15, 0.2) is 0 Å². The first kappa shape index (κ1) is 10.8. The van der Waals surface area contributed by atoms with Crippen molar-refractivity contribution in [1.82, 2.24) is 24.8 Å². The van der Waals surface area contributed by atoms with Crippen LogP contribution in [0.5, 0.6) is 0 Å². The maximum atomic E-state index is 6.18. The van der Waals surface area contributed by atoms with E-state index in [0.29, 0.717) is 0 Å². The molecule has 0 saturated carbocycles. The zero-order valence-electron chi connectivity index (χ0n) is 9.54. The van der Waals surface area contributed by atoms with Crippen LogP contribution in [0, 0.1) is 0 Å². The number of aryl methyl sites for hydroxylation is 2. The lowest BCUT2D eigenvalue weighted by Gasteiger charge is -2.13. The van der Waals surface area contributed by atoms with Gasteiger partial charge in [0.1, 0.15) is 0 Å². The van der Waals surface area contributed by atoms with Crippen molar-refractivity contribution in [3.63, 3.8) is 0 Å². The highest BCUT2D eigenvalue weighted by atomic mass is 15.4. The van der Waals surface area contributed by atoms with Crippen molar-refractivity contribution in [3.8, 4) is 0 Å². The quantitative estimate of drug-likeness (QED) is 0.812. The van der Waals surface area contributed by atoms with Gasteiger partial charge in [0.2, 0.25) is 0 Å². The molecule has 0 aliphatic carbocycles. The molecule has 0 spiro atoms. The van der Waals surface area contributed by atoms with Crippen molar-refractivity contribution in [2.24, 2.45) is 12.8 Å². The van der Waals surface area contributed by atoms with Gasteiger partial charge in [-0.3, -0.25) is 4.68 Å². The normalized spacial score (nSPS) is 12.9. The van der Waals surface area contributed by atoms with Crippen LogP contribution < -0.4 is 5.73 Å². The van der Waals surface area contributed by atoms with Gasteiger partial charge in [0.05, 0.1) is 23.6 Å². The Bertz CT molecular complexity index is 457. The highest BCUT2D eigenvalue weighted by molar-refractivity contribution is 5.18. The van der Waals surface area contributed by atoms with E-state index < -0.39 is 0 Å². The first-order valence-electron chi connectivity index (χ1n) is 5.36. The van der Waals surface area contributed by atoms with Crippen LogP contribution in [0.4, 0.5) is 0 Å². The Morgan fingerprint density at radius 1 is 1.44 bits per heavy atom. The van der Waals surface area contributed by atoms with Crippen molar-refractivity contribution < 1.29 is 0 Å². The molecule has 1 unspecified atom stereocenters. The molecule has 86 valence electrons. The number of rotatable bonds is 4. The summed E-state index contributed by atoms with van der Waals surface area (Å²) in [6, 6.07) is 1.68. The van der Waals surface area contributed by atoms with Crippen LogP contribution in [0.3, 0.4) is 0 Å². The lowest BCUT2D eigenvalue weighted by molar-refractivity contribution is 0.534. The topological polar surface area (TPSA) is 74.6 Å². The average Bonchev–Trinajstić information content (AvgIpc) is 2.87. The standard InChI is InChI=1S/C10H16N6/c1-3-6-16-9(7-12-14-16)10(11)8-4-5-13-15(8)2/h4-5,7,10H,3,6,11H2,1-2H3. The zero-order valence-corrected chi connectivity index (χ0v) is 9.54. The summed E-state index contributed by atoms with van der Waals surface area (Å²) in [5.74, 6) is 0. The van der Waals surface area contributed by atoms with Gasteiger partial charge in [0, 0.05) is 19.8 Å². The van der Waals surface area contributed by atoms with Crippen LogP contribution in [-0.4, -0.2) is 24.8 Å². The van der Waals surface area contributed by atoms with Gasteiger partial charge < -0.3 is 5.73 Å². The summed E-state index contributed by atoms with van der Waals surface area (Å²) in [5.41, 5.74) is 8.06. The molecule has 2 heterocycles. The largest absolute Gasteiger partial charge is 0.318 e. The summed E-state index contributed by atoms with van der Waals surface area (Å²) in [4.78, 5) is 0. The third-order valence-corrected chi connectivity index (χ3v) is 2.58. The molecule has 16 heavy (non-hydrogen) atoms. The molecule has 6 heteroatoms. The van der Waals surface area contributed by atoms with E-state index in [1.54, 1.807) is 17.1 Å².